The van der Waals surface area contributed by atoms with Crippen molar-refractivity contribution >= 4 is 17.4 Å². The Kier molecular flexibility index (Phi) is 6.97. The molecule has 1 aromatic heterocycles. The van der Waals surface area contributed by atoms with Crippen molar-refractivity contribution < 1.29 is 19.4 Å². The molecule has 186 valence electrons. The fraction of sp³-hybridized carbons (Fsp3) is 0.300. The number of likely N-dealkylation sites (tertiary alicyclic amines) is 1. The third kappa shape index (κ3) is 4.89. The molecule has 0 aliphatic carbocycles. The maximum atomic E-state index is 13.3. The number of rotatable bonds is 6. The first-order valence-electron chi connectivity index (χ1n) is 12.1. The number of aliphatic hydroxyl groups excluding tert-OH is 1. The number of hydrogen-bond acceptors (Lipinski definition) is 5. The number of ketones is 1. The number of benzene rings is 2. The van der Waals surface area contributed by atoms with Crippen molar-refractivity contribution in [2.45, 2.75) is 52.6 Å². The number of amides is 1. The van der Waals surface area contributed by atoms with Crippen LogP contribution in [0.5, 0.6) is 5.75 Å². The minimum Gasteiger partial charge on any atom is -0.507 e. The summed E-state index contributed by atoms with van der Waals surface area (Å²) in [4.78, 5) is 32.3. The van der Waals surface area contributed by atoms with E-state index in [1.54, 1.807) is 36.7 Å². The van der Waals surface area contributed by atoms with E-state index in [2.05, 4.69) is 25.8 Å². The molecular weight excluding hydrogens is 452 g/mol. The van der Waals surface area contributed by atoms with E-state index >= 15 is 0 Å². The van der Waals surface area contributed by atoms with Crippen molar-refractivity contribution in [3.8, 4) is 5.75 Å². The van der Waals surface area contributed by atoms with Crippen molar-refractivity contribution in [3.05, 3.63) is 100 Å². The quantitative estimate of drug-likeness (QED) is 0.275. The van der Waals surface area contributed by atoms with Gasteiger partial charge in [0.2, 0.25) is 0 Å². The van der Waals surface area contributed by atoms with Gasteiger partial charge in [-0.3, -0.25) is 14.6 Å². The van der Waals surface area contributed by atoms with Crippen LogP contribution in [0.2, 0.25) is 0 Å². The Morgan fingerprint density at radius 1 is 1.08 bits per heavy atom. The van der Waals surface area contributed by atoms with E-state index in [1.807, 2.05) is 44.2 Å². The van der Waals surface area contributed by atoms with Gasteiger partial charge in [-0.1, -0.05) is 51.1 Å². The molecule has 6 heteroatoms. The number of hydrogen-bond donors (Lipinski definition) is 1. The Balaban J connectivity index is 1.84. The zero-order valence-electron chi connectivity index (χ0n) is 21.4. The molecule has 4 rings (SSSR count). The summed E-state index contributed by atoms with van der Waals surface area (Å²) >= 11 is 0. The predicted molar refractivity (Wildman–Crippen MR) is 140 cm³/mol. The zero-order valence-corrected chi connectivity index (χ0v) is 21.4. The van der Waals surface area contributed by atoms with Crippen LogP contribution >= 0.6 is 0 Å². The lowest BCUT2D eigenvalue weighted by Gasteiger charge is -2.26. The summed E-state index contributed by atoms with van der Waals surface area (Å²) in [6.45, 7) is 10.9. The molecule has 6 nitrogen and oxygen atoms in total. The number of nitrogens with zero attached hydrogens (tertiary/aromatic N) is 2. The molecule has 2 aromatic carbocycles. The highest BCUT2D eigenvalue weighted by atomic mass is 16.5. The summed E-state index contributed by atoms with van der Waals surface area (Å²) < 4.78 is 5.61. The molecule has 2 heterocycles. The van der Waals surface area contributed by atoms with Gasteiger partial charge in [-0.2, -0.15) is 0 Å². The molecule has 1 unspecified atom stereocenters. The van der Waals surface area contributed by atoms with Crippen molar-refractivity contribution in [2.24, 2.45) is 0 Å². The van der Waals surface area contributed by atoms with Crippen LogP contribution in [0.3, 0.4) is 0 Å². The second-order valence-electron chi connectivity index (χ2n) is 10.1. The van der Waals surface area contributed by atoms with E-state index in [9.17, 15) is 14.7 Å². The third-order valence-corrected chi connectivity index (χ3v) is 6.46. The van der Waals surface area contributed by atoms with Crippen LogP contribution in [0.25, 0.3) is 5.76 Å². The van der Waals surface area contributed by atoms with Gasteiger partial charge in [-0.05, 0) is 65.8 Å². The first-order chi connectivity index (χ1) is 17.1. The Bertz CT molecular complexity index is 1310. The molecule has 36 heavy (non-hydrogen) atoms. The van der Waals surface area contributed by atoms with Gasteiger partial charge in [-0.15, -0.1) is 0 Å². The number of pyridine rings is 1. The molecule has 1 fully saturated rings. The SMILES string of the molecule is CCOc1ccc(/C(O)=C2/C(=O)C(=O)N(Cc3cccnc3)C2c2ccc(C(C)(C)C)cc2)cc1C. The second kappa shape index (κ2) is 9.97. The number of aryl methyl sites for hydroxylation is 1. The van der Waals surface area contributed by atoms with E-state index in [-0.39, 0.29) is 23.3 Å². The first kappa shape index (κ1) is 25.2. The number of aliphatic hydroxyl groups is 1. The highest BCUT2D eigenvalue weighted by molar-refractivity contribution is 6.46. The van der Waals surface area contributed by atoms with E-state index in [0.29, 0.717) is 17.9 Å². The summed E-state index contributed by atoms with van der Waals surface area (Å²) in [5.41, 5.74) is 4.02. The van der Waals surface area contributed by atoms with Crippen molar-refractivity contribution in [1.29, 1.82) is 0 Å². The number of Topliss-reactive ketones (excluding diaryl/α,β-unsaturated/α-hetero) is 1. The van der Waals surface area contributed by atoms with Gasteiger partial charge in [0.05, 0.1) is 18.2 Å². The van der Waals surface area contributed by atoms with Gasteiger partial charge in [0.25, 0.3) is 11.7 Å². The lowest BCUT2D eigenvalue weighted by atomic mass is 9.85. The summed E-state index contributed by atoms with van der Waals surface area (Å²) in [5.74, 6) is -0.834. The molecule has 3 aromatic rings. The molecular formula is C30H32N2O4. The largest absolute Gasteiger partial charge is 0.507 e. The van der Waals surface area contributed by atoms with E-state index in [0.717, 1.165) is 22.3 Å². The highest BCUT2D eigenvalue weighted by Crippen LogP contribution is 2.41. The van der Waals surface area contributed by atoms with Gasteiger partial charge < -0.3 is 14.7 Å². The fourth-order valence-corrected chi connectivity index (χ4v) is 4.51. The summed E-state index contributed by atoms with van der Waals surface area (Å²) in [6, 6.07) is 16.1. The standard InChI is InChI=1S/C30H32N2O4/c1-6-36-24-14-11-22(16-19(24)2)27(33)25-26(21-9-12-23(13-10-21)30(3,4)5)32(29(35)28(25)34)18-20-8-7-15-31-17-20/h7-17,26,33H,6,18H2,1-5H3/b27-25-. The Hall–Kier alpha value is -3.93. The number of carbonyl (C=O) groups excluding carboxylic acids is 2. The minimum absolute atomic E-state index is 0.0458. The second-order valence-corrected chi connectivity index (χ2v) is 10.1. The topological polar surface area (TPSA) is 79.7 Å². The molecule has 0 bridgehead atoms. The monoisotopic (exact) mass is 484 g/mol. The lowest BCUT2D eigenvalue weighted by Crippen LogP contribution is -2.29. The van der Waals surface area contributed by atoms with Crippen LogP contribution in [0.4, 0.5) is 0 Å². The predicted octanol–water partition coefficient (Wildman–Crippen LogP) is 5.71. The van der Waals surface area contributed by atoms with Crippen molar-refractivity contribution in [3.63, 3.8) is 0 Å². The number of ether oxygens (including phenoxy) is 1. The van der Waals surface area contributed by atoms with E-state index < -0.39 is 17.7 Å². The number of carbonyl (C=O) groups is 2. The van der Waals surface area contributed by atoms with E-state index in [1.165, 1.54) is 4.90 Å². The van der Waals surface area contributed by atoms with Gasteiger partial charge in [0.1, 0.15) is 11.5 Å². The van der Waals surface area contributed by atoms with Gasteiger partial charge in [-0.25, -0.2) is 0 Å². The maximum absolute atomic E-state index is 13.3. The smallest absolute Gasteiger partial charge is 0.295 e. The Labute approximate surface area is 212 Å². The molecule has 0 radical (unpaired) electrons. The normalized spacial score (nSPS) is 17.5. The van der Waals surface area contributed by atoms with Gasteiger partial charge >= 0.3 is 0 Å². The lowest BCUT2D eigenvalue weighted by molar-refractivity contribution is -0.140. The van der Waals surface area contributed by atoms with Gasteiger partial charge in [0, 0.05) is 24.5 Å². The zero-order chi connectivity index (χ0) is 26.0. The Morgan fingerprint density at radius 3 is 2.39 bits per heavy atom. The van der Waals surface area contributed by atoms with Crippen LogP contribution in [0.15, 0.2) is 72.6 Å². The summed E-state index contributed by atoms with van der Waals surface area (Å²) in [5, 5.41) is 11.4. The molecule has 1 aliphatic rings. The third-order valence-electron chi connectivity index (χ3n) is 6.46. The highest BCUT2D eigenvalue weighted by Gasteiger charge is 2.46. The Morgan fingerprint density at radius 2 is 1.81 bits per heavy atom. The van der Waals surface area contributed by atoms with Gasteiger partial charge in [0.15, 0.2) is 0 Å². The van der Waals surface area contributed by atoms with E-state index in [4.69, 9.17) is 4.74 Å². The van der Waals surface area contributed by atoms with Crippen LogP contribution in [-0.2, 0) is 21.5 Å². The van der Waals surface area contributed by atoms with Crippen LogP contribution in [0.1, 0.15) is 61.6 Å². The molecule has 0 spiro atoms. The molecule has 1 saturated heterocycles. The van der Waals surface area contributed by atoms with Crippen molar-refractivity contribution in [1.82, 2.24) is 9.88 Å². The molecule has 1 aliphatic heterocycles. The minimum atomic E-state index is -0.730. The molecule has 1 N–H and O–H groups in total. The summed E-state index contributed by atoms with van der Waals surface area (Å²) in [6.07, 6.45) is 3.34. The van der Waals surface area contributed by atoms with Crippen molar-refractivity contribution in [2.75, 3.05) is 6.61 Å². The first-order valence-corrected chi connectivity index (χ1v) is 12.1. The average Bonchev–Trinajstić information content (AvgIpc) is 3.10. The number of aromatic nitrogens is 1. The fourth-order valence-electron chi connectivity index (χ4n) is 4.51. The van der Waals surface area contributed by atoms with Crippen LogP contribution in [-0.4, -0.2) is 33.3 Å². The average molecular weight is 485 g/mol. The molecule has 0 saturated carbocycles. The van der Waals surface area contributed by atoms with Crippen LogP contribution in [0, 0.1) is 6.92 Å². The van der Waals surface area contributed by atoms with Crippen LogP contribution < -0.4 is 4.74 Å². The summed E-state index contributed by atoms with van der Waals surface area (Å²) in [7, 11) is 0. The molecule has 1 amide bonds. The maximum Gasteiger partial charge on any atom is 0.295 e. The molecule has 1 atom stereocenters.